The third-order valence-corrected chi connectivity index (χ3v) is 8.97. The minimum atomic E-state index is -0.295. The topological polar surface area (TPSA) is 100 Å². The van der Waals surface area contributed by atoms with Gasteiger partial charge in [0.2, 0.25) is 5.91 Å². The van der Waals surface area contributed by atoms with Gasteiger partial charge in [-0.2, -0.15) is 0 Å². The number of aryl methyl sites for hydroxylation is 2. The predicted molar refractivity (Wildman–Crippen MR) is 179 cm³/mol. The minimum Gasteiger partial charge on any atom is -0.385 e. The number of likely N-dealkylation sites (tertiary alicyclic amines) is 1. The van der Waals surface area contributed by atoms with Crippen molar-refractivity contribution in [1.82, 2.24) is 23.6 Å². The van der Waals surface area contributed by atoms with Gasteiger partial charge in [0, 0.05) is 58.3 Å². The maximum Gasteiger partial charge on any atom is 0.333 e. The highest BCUT2D eigenvalue weighted by Crippen LogP contribution is 2.30. The Kier molecular flexibility index (Phi) is 9.47. The van der Waals surface area contributed by atoms with Crippen LogP contribution in [0.25, 0.3) is 27.8 Å². The Balaban J connectivity index is 1.11. The zero-order chi connectivity index (χ0) is 31.3. The maximum atomic E-state index is 13.5. The lowest BCUT2D eigenvalue weighted by molar-refractivity contribution is -0.132. The van der Waals surface area contributed by atoms with Gasteiger partial charge < -0.3 is 19.9 Å². The number of amides is 1. The van der Waals surface area contributed by atoms with Crippen molar-refractivity contribution in [2.24, 2.45) is 5.73 Å². The number of nitrogens with zero attached hydrogens (tertiary/aromatic N) is 5. The average molecular weight is 609 g/mol. The van der Waals surface area contributed by atoms with Crippen LogP contribution in [0, 0.1) is 0 Å². The fraction of sp³-hybridized carbons (Fsp3) is 0.417. The number of hydrogen-bond donors (Lipinski definition) is 1. The molecule has 1 fully saturated rings. The fourth-order valence-electron chi connectivity index (χ4n) is 6.83. The molecule has 9 nitrogen and oxygen atoms in total. The highest BCUT2D eigenvalue weighted by atomic mass is 16.5. The first-order chi connectivity index (χ1) is 22.0. The van der Waals surface area contributed by atoms with Crippen molar-refractivity contribution >= 4 is 28.0 Å². The van der Waals surface area contributed by atoms with Crippen molar-refractivity contribution in [3.05, 3.63) is 94.7 Å². The number of ether oxygens (including phenoxy) is 1. The van der Waals surface area contributed by atoms with E-state index < -0.39 is 0 Å². The summed E-state index contributed by atoms with van der Waals surface area (Å²) in [6, 6.07) is 23.9. The second-order valence-electron chi connectivity index (χ2n) is 12.2. The number of piperidine rings is 1. The molecule has 0 radical (unpaired) electrons. The summed E-state index contributed by atoms with van der Waals surface area (Å²) in [5.41, 5.74) is 12.4. The molecule has 1 aliphatic heterocycles. The van der Waals surface area contributed by atoms with Crippen LogP contribution >= 0.6 is 0 Å². The molecule has 5 aromatic rings. The number of fused-ring (bicyclic) bond motifs is 2. The molecule has 45 heavy (non-hydrogen) atoms. The Morgan fingerprint density at radius 1 is 0.978 bits per heavy atom. The normalized spacial score (nSPS) is 16.1. The summed E-state index contributed by atoms with van der Waals surface area (Å²) in [4.78, 5) is 33.8. The average Bonchev–Trinajstić information content (AvgIpc) is 3.56. The van der Waals surface area contributed by atoms with Gasteiger partial charge in [-0.05, 0) is 74.1 Å². The molecule has 236 valence electrons. The van der Waals surface area contributed by atoms with Crippen LogP contribution in [-0.4, -0.2) is 62.3 Å². The first-order valence-electron chi connectivity index (χ1n) is 16.3. The lowest BCUT2D eigenvalue weighted by Crippen LogP contribution is -2.42. The number of hydrogen-bond acceptors (Lipinski definition) is 5. The Labute approximate surface area is 264 Å². The fourth-order valence-corrected chi connectivity index (χ4v) is 6.83. The monoisotopic (exact) mass is 608 g/mol. The first kappa shape index (κ1) is 30.8. The summed E-state index contributed by atoms with van der Waals surface area (Å²) in [5.74, 6) is 1.35. The number of benzene rings is 3. The smallest absolute Gasteiger partial charge is 0.333 e. The van der Waals surface area contributed by atoms with E-state index in [1.807, 2.05) is 64.1 Å². The van der Waals surface area contributed by atoms with E-state index in [0.717, 1.165) is 77.9 Å². The second-order valence-corrected chi connectivity index (χ2v) is 12.2. The lowest BCUT2D eigenvalue weighted by Gasteiger charge is -2.33. The number of rotatable bonds is 12. The molecule has 0 aliphatic carbocycles. The van der Waals surface area contributed by atoms with Gasteiger partial charge in [0.05, 0.1) is 27.8 Å². The van der Waals surface area contributed by atoms with Crippen LogP contribution in [0.5, 0.6) is 0 Å². The summed E-state index contributed by atoms with van der Waals surface area (Å²) >= 11 is 0. The molecule has 2 unspecified atom stereocenters. The van der Waals surface area contributed by atoms with Crippen molar-refractivity contribution in [2.75, 3.05) is 26.8 Å². The molecule has 0 bridgehead atoms. The van der Waals surface area contributed by atoms with Crippen molar-refractivity contribution in [2.45, 2.75) is 70.5 Å². The van der Waals surface area contributed by atoms with Crippen LogP contribution in [0.1, 0.15) is 56.3 Å². The van der Waals surface area contributed by atoms with E-state index in [4.69, 9.17) is 15.5 Å². The van der Waals surface area contributed by atoms with E-state index >= 15 is 0 Å². The largest absolute Gasteiger partial charge is 0.385 e. The Hall–Kier alpha value is -4.21. The van der Waals surface area contributed by atoms with Gasteiger partial charge in [-0.3, -0.25) is 13.9 Å². The maximum absolute atomic E-state index is 13.5. The summed E-state index contributed by atoms with van der Waals surface area (Å²) in [6.07, 6.45) is 4.64. The molecule has 2 atom stereocenters. The third-order valence-electron chi connectivity index (χ3n) is 8.97. The molecular weight excluding hydrogens is 564 g/mol. The van der Waals surface area contributed by atoms with Gasteiger partial charge in [-0.15, -0.1) is 0 Å². The van der Waals surface area contributed by atoms with Gasteiger partial charge in [0.25, 0.3) is 0 Å². The lowest BCUT2D eigenvalue weighted by atomic mass is 9.96. The van der Waals surface area contributed by atoms with Crippen LogP contribution in [0.3, 0.4) is 0 Å². The number of aromatic nitrogens is 4. The van der Waals surface area contributed by atoms with E-state index in [1.165, 1.54) is 0 Å². The van der Waals surface area contributed by atoms with Crippen molar-refractivity contribution in [3.8, 4) is 5.69 Å². The molecule has 6 rings (SSSR count). The molecule has 1 amide bonds. The number of imidazole rings is 2. The highest BCUT2D eigenvalue weighted by molar-refractivity contribution is 5.79. The number of nitrogens with two attached hydrogens (primary N) is 1. The number of para-hydroxylation sites is 4. The SMILES string of the molecule is CCCn1c(=O)n(-c2ccc(CC(N)CC(=O)N3CCCC(c4nc5ccccc5n4CCCOC)C3)cc2)c2ccccc21. The Bertz CT molecular complexity index is 1820. The van der Waals surface area contributed by atoms with Crippen molar-refractivity contribution in [3.63, 3.8) is 0 Å². The number of methoxy groups -OCH3 is 1. The van der Waals surface area contributed by atoms with E-state index in [-0.39, 0.29) is 23.6 Å². The molecular formula is C36H44N6O3. The summed E-state index contributed by atoms with van der Waals surface area (Å²) < 4.78 is 11.2. The molecule has 1 aliphatic rings. The molecule has 0 spiro atoms. The molecule has 2 aromatic heterocycles. The van der Waals surface area contributed by atoms with Crippen LogP contribution in [0.2, 0.25) is 0 Å². The highest BCUT2D eigenvalue weighted by Gasteiger charge is 2.29. The summed E-state index contributed by atoms with van der Waals surface area (Å²) in [6.45, 7) is 5.71. The van der Waals surface area contributed by atoms with E-state index in [0.29, 0.717) is 32.5 Å². The molecule has 3 aromatic carbocycles. The summed E-state index contributed by atoms with van der Waals surface area (Å²) in [5, 5.41) is 0. The van der Waals surface area contributed by atoms with Gasteiger partial charge in [-0.1, -0.05) is 43.3 Å². The van der Waals surface area contributed by atoms with E-state index in [2.05, 4.69) is 29.7 Å². The zero-order valence-corrected chi connectivity index (χ0v) is 26.4. The van der Waals surface area contributed by atoms with Gasteiger partial charge in [0.15, 0.2) is 0 Å². The van der Waals surface area contributed by atoms with Gasteiger partial charge >= 0.3 is 5.69 Å². The Morgan fingerprint density at radius 3 is 2.47 bits per heavy atom. The first-order valence-corrected chi connectivity index (χ1v) is 16.3. The minimum absolute atomic E-state index is 0.0292. The Morgan fingerprint density at radius 2 is 1.71 bits per heavy atom. The van der Waals surface area contributed by atoms with Crippen molar-refractivity contribution in [1.29, 1.82) is 0 Å². The van der Waals surface area contributed by atoms with Crippen LogP contribution in [0.15, 0.2) is 77.6 Å². The van der Waals surface area contributed by atoms with Crippen LogP contribution < -0.4 is 11.4 Å². The van der Waals surface area contributed by atoms with Crippen LogP contribution in [0.4, 0.5) is 0 Å². The van der Waals surface area contributed by atoms with Crippen molar-refractivity contribution < 1.29 is 9.53 Å². The third kappa shape index (κ3) is 6.46. The van der Waals surface area contributed by atoms with Gasteiger partial charge in [0.1, 0.15) is 5.82 Å². The molecule has 0 saturated carbocycles. The standard InChI is InChI=1S/C36H44N6O3/c1-3-19-41-32-13-6-7-14-33(32)42(36(41)44)29-17-15-26(16-18-29)23-28(37)24-34(43)39-20-8-10-27(25-39)35-38-30-11-4-5-12-31(30)40(35)21-9-22-45-2/h4-7,11-18,27-28H,3,8-10,19-25,37H2,1-2H3. The molecule has 9 heteroatoms. The number of carbonyl (C=O) groups is 1. The van der Waals surface area contributed by atoms with Gasteiger partial charge in [-0.25, -0.2) is 9.78 Å². The van der Waals surface area contributed by atoms with E-state index in [9.17, 15) is 9.59 Å². The second kappa shape index (κ2) is 13.8. The zero-order valence-electron chi connectivity index (χ0n) is 26.4. The molecule has 1 saturated heterocycles. The van der Waals surface area contributed by atoms with E-state index in [1.54, 1.807) is 11.7 Å². The van der Waals surface area contributed by atoms with Crippen LogP contribution in [-0.2, 0) is 29.0 Å². The quantitative estimate of drug-likeness (QED) is 0.195. The number of carbonyl (C=O) groups excluding carboxylic acids is 1. The molecule has 3 heterocycles. The molecule has 2 N–H and O–H groups in total. The predicted octanol–water partition coefficient (Wildman–Crippen LogP) is 5.25. The summed E-state index contributed by atoms with van der Waals surface area (Å²) in [7, 11) is 1.73.